The van der Waals surface area contributed by atoms with Gasteiger partial charge in [0.05, 0.1) is 6.61 Å². The van der Waals surface area contributed by atoms with Crippen molar-refractivity contribution in [3.05, 3.63) is 24.3 Å². The van der Waals surface area contributed by atoms with Crippen molar-refractivity contribution in [2.24, 2.45) is 11.8 Å². The first-order chi connectivity index (χ1) is 12.2. The highest BCUT2D eigenvalue weighted by Gasteiger charge is 2.31. The molecule has 1 saturated carbocycles. The summed E-state index contributed by atoms with van der Waals surface area (Å²) in [7, 11) is 0. The van der Waals surface area contributed by atoms with Gasteiger partial charge in [0.15, 0.2) is 0 Å². The lowest BCUT2D eigenvalue weighted by Crippen LogP contribution is -2.13. The van der Waals surface area contributed by atoms with E-state index < -0.39 is 0 Å². The first-order valence-electron chi connectivity index (χ1n) is 10.2. The van der Waals surface area contributed by atoms with Crippen LogP contribution in [0.3, 0.4) is 0 Å². The highest BCUT2D eigenvalue weighted by Crippen LogP contribution is 2.34. The number of hydrogen-bond acceptors (Lipinski definition) is 3. The van der Waals surface area contributed by atoms with E-state index in [1.807, 2.05) is 6.92 Å². The topological polar surface area (TPSA) is 43.4 Å². The van der Waals surface area contributed by atoms with E-state index >= 15 is 0 Å². The first kappa shape index (κ1) is 21.7. The Kier molecular flexibility index (Phi) is 12.0. The minimum atomic E-state index is -0.0903. The van der Waals surface area contributed by atoms with Crippen molar-refractivity contribution in [1.29, 1.82) is 0 Å². The van der Waals surface area contributed by atoms with Crippen molar-refractivity contribution in [2.45, 2.75) is 84.5 Å². The number of rotatable bonds is 13. The SMILES string of the molecule is CC/C=C\CC/C=C/[C@H]1CCC(=O)[C@@H]1CCCCCCC(=O)OCC. The summed E-state index contributed by atoms with van der Waals surface area (Å²) in [6.07, 6.45) is 19.7. The van der Waals surface area contributed by atoms with Gasteiger partial charge in [0.1, 0.15) is 5.78 Å². The van der Waals surface area contributed by atoms with E-state index in [1.54, 1.807) is 0 Å². The molecule has 0 aromatic rings. The molecule has 1 aliphatic rings. The molecule has 25 heavy (non-hydrogen) atoms. The second-order valence-corrected chi connectivity index (χ2v) is 6.92. The fraction of sp³-hybridized carbons (Fsp3) is 0.727. The lowest BCUT2D eigenvalue weighted by molar-refractivity contribution is -0.143. The highest BCUT2D eigenvalue weighted by atomic mass is 16.5. The predicted octanol–water partition coefficient (Wildman–Crippen LogP) is 5.79. The number of ether oxygens (including phenoxy) is 1. The largest absolute Gasteiger partial charge is 0.466 e. The first-order valence-corrected chi connectivity index (χ1v) is 10.2. The second kappa shape index (κ2) is 13.9. The van der Waals surface area contributed by atoms with Gasteiger partial charge in [-0.25, -0.2) is 0 Å². The van der Waals surface area contributed by atoms with Gasteiger partial charge in [-0.15, -0.1) is 0 Å². The monoisotopic (exact) mass is 348 g/mol. The average Bonchev–Trinajstić information content (AvgIpc) is 2.94. The molecule has 142 valence electrons. The number of carbonyl (C=O) groups is 2. The molecular formula is C22H36O3. The fourth-order valence-electron chi connectivity index (χ4n) is 3.51. The number of ketones is 1. The lowest BCUT2D eigenvalue weighted by atomic mass is 9.89. The summed E-state index contributed by atoms with van der Waals surface area (Å²) in [5.41, 5.74) is 0. The molecule has 0 heterocycles. The quantitative estimate of drug-likeness (QED) is 0.240. The van der Waals surface area contributed by atoms with E-state index in [9.17, 15) is 9.59 Å². The summed E-state index contributed by atoms with van der Waals surface area (Å²) in [6, 6.07) is 0. The van der Waals surface area contributed by atoms with E-state index in [0.717, 1.165) is 64.2 Å². The Morgan fingerprint density at radius 3 is 2.60 bits per heavy atom. The van der Waals surface area contributed by atoms with Crippen molar-refractivity contribution in [3.8, 4) is 0 Å². The van der Waals surface area contributed by atoms with Gasteiger partial charge in [-0.2, -0.15) is 0 Å². The third-order valence-electron chi connectivity index (χ3n) is 4.89. The van der Waals surface area contributed by atoms with E-state index in [1.165, 1.54) is 0 Å². The zero-order chi connectivity index (χ0) is 18.3. The third kappa shape index (κ3) is 9.62. The number of esters is 1. The third-order valence-corrected chi connectivity index (χ3v) is 4.89. The second-order valence-electron chi connectivity index (χ2n) is 6.92. The maximum atomic E-state index is 12.1. The van der Waals surface area contributed by atoms with Crippen LogP contribution in [0.2, 0.25) is 0 Å². The van der Waals surface area contributed by atoms with Gasteiger partial charge in [-0.1, -0.05) is 50.5 Å². The Labute approximate surface area is 153 Å². The van der Waals surface area contributed by atoms with Crippen LogP contribution in [-0.2, 0) is 14.3 Å². The van der Waals surface area contributed by atoms with Crippen molar-refractivity contribution in [3.63, 3.8) is 0 Å². The molecule has 0 radical (unpaired) electrons. The number of allylic oxidation sites excluding steroid dienone is 4. The standard InChI is InChI=1S/C22H36O3/c1-3-5-6-7-8-11-14-19-17-18-21(23)20(19)15-12-9-10-13-16-22(24)25-4-2/h5-6,11,14,19-20H,3-4,7-10,12-13,15-18H2,1-2H3/b6-5-,14-11+/t19-,20+/m0/s1. The van der Waals surface area contributed by atoms with E-state index in [2.05, 4.69) is 31.2 Å². The van der Waals surface area contributed by atoms with Gasteiger partial charge in [-0.3, -0.25) is 9.59 Å². The number of unbranched alkanes of at least 4 members (excludes halogenated alkanes) is 4. The molecule has 0 spiro atoms. The van der Waals surface area contributed by atoms with Crippen LogP contribution in [0.4, 0.5) is 0 Å². The molecule has 3 heteroatoms. The van der Waals surface area contributed by atoms with Crippen LogP contribution in [0.1, 0.15) is 84.5 Å². The Morgan fingerprint density at radius 2 is 1.84 bits per heavy atom. The molecule has 0 bridgehead atoms. The van der Waals surface area contributed by atoms with E-state index in [0.29, 0.717) is 24.7 Å². The molecule has 0 aromatic carbocycles. The Morgan fingerprint density at radius 1 is 1.08 bits per heavy atom. The lowest BCUT2D eigenvalue weighted by Gasteiger charge is -2.14. The highest BCUT2D eigenvalue weighted by molar-refractivity contribution is 5.83. The zero-order valence-corrected chi connectivity index (χ0v) is 16.2. The Balaban J connectivity index is 2.19. The smallest absolute Gasteiger partial charge is 0.305 e. The van der Waals surface area contributed by atoms with Gasteiger partial charge in [0.2, 0.25) is 0 Å². The Bertz CT molecular complexity index is 437. The van der Waals surface area contributed by atoms with Crippen LogP contribution >= 0.6 is 0 Å². The minimum absolute atomic E-state index is 0.0903. The zero-order valence-electron chi connectivity index (χ0n) is 16.2. The summed E-state index contributed by atoms with van der Waals surface area (Å²) in [6.45, 7) is 4.45. The van der Waals surface area contributed by atoms with Gasteiger partial charge in [-0.05, 0) is 51.4 Å². The van der Waals surface area contributed by atoms with Gasteiger partial charge >= 0.3 is 5.97 Å². The summed E-state index contributed by atoms with van der Waals surface area (Å²) in [5.74, 6) is 1.04. The van der Waals surface area contributed by atoms with Crippen LogP contribution in [0.5, 0.6) is 0 Å². The molecule has 1 fully saturated rings. The predicted molar refractivity (Wildman–Crippen MR) is 103 cm³/mol. The number of Topliss-reactive ketones (excluding diaryl/α,β-unsaturated/α-hetero) is 1. The van der Waals surface area contributed by atoms with E-state index in [-0.39, 0.29) is 11.9 Å². The molecule has 0 aliphatic heterocycles. The van der Waals surface area contributed by atoms with Gasteiger partial charge in [0.25, 0.3) is 0 Å². The van der Waals surface area contributed by atoms with Crippen LogP contribution in [0, 0.1) is 11.8 Å². The van der Waals surface area contributed by atoms with E-state index in [4.69, 9.17) is 4.74 Å². The molecule has 0 amide bonds. The maximum Gasteiger partial charge on any atom is 0.305 e. The number of hydrogen-bond donors (Lipinski definition) is 0. The molecule has 2 atom stereocenters. The van der Waals surface area contributed by atoms with Gasteiger partial charge < -0.3 is 4.74 Å². The molecular weight excluding hydrogens is 312 g/mol. The van der Waals surface area contributed by atoms with Crippen LogP contribution < -0.4 is 0 Å². The van der Waals surface area contributed by atoms with Crippen molar-refractivity contribution >= 4 is 11.8 Å². The summed E-state index contributed by atoms with van der Waals surface area (Å²) in [5, 5.41) is 0. The minimum Gasteiger partial charge on any atom is -0.466 e. The average molecular weight is 349 g/mol. The molecule has 0 saturated heterocycles. The summed E-state index contributed by atoms with van der Waals surface area (Å²) < 4.78 is 4.93. The normalized spacial score (nSPS) is 20.8. The molecule has 0 unspecified atom stereocenters. The van der Waals surface area contributed by atoms with Crippen LogP contribution in [-0.4, -0.2) is 18.4 Å². The summed E-state index contributed by atoms with van der Waals surface area (Å²) in [4.78, 5) is 23.4. The maximum absolute atomic E-state index is 12.1. The van der Waals surface area contributed by atoms with Crippen molar-refractivity contribution in [2.75, 3.05) is 6.61 Å². The fourth-order valence-corrected chi connectivity index (χ4v) is 3.51. The molecule has 0 aromatic heterocycles. The molecule has 3 nitrogen and oxygen atoms in total. The molecule has 1 aliphatic carbocycles. The van der Waals surface area contributed by atoms with Crippen LogP contribution in [0.15, 0.2) is 24.3 Å². The van der Waals surface area contributed by atoms with Crippen LogP contribution in [0.25, 0.3) is 0 Å². The Hall–Kier alpha value is -1.38. The van der Waals surface area contributed by atoms with Gasteiger partial charge in [0, 0.05) is 18.8 Å². The van der Waals surface area contributed by atoms with Crippen molar-refractivity contribution in [1.82, 2.24) is 0 Å². The summed E-state index contributed by atoms with van der Waals surface area (Å²) >= 11 is 0. The van der Waals surface area contributed by atoms with Crippen molar-refractivity contribution < 1.29 is 14.3 Å². The number of carbonyl (C=O) groups excluding carboxylic acids is 2. The molecule has 1 rings (SSSR count). The molecule has 0 N–H and O–H groups in total.